The molecule has 0 aliphatic rings. The van der Waals surface area contributed by atoms with Gasteiger partial charge in [0.05, 0.1) is 11.6 Å². The van der Waals surface area contributed by atoms with Gasteiger partial charge in [0, 0.05) is 5.69 Å². The van der Waals surface area contributed by atoms with Crippen molar-refractivity contribution in [2.45, 2.75) is 13.8 Å². The van der Waals surface area contributed by atoms with E-state index in [4.69, 9.17) is 26.8 Å². The zero-order chi connectivity index (χ0) is 21.4. The number of nitriles is 1. The number of benzene rings is 2. The van der Waals surface area contributed by atoms with Crippen molar-refractivity contribution in [2.24, 2.45) is 5.73 Å². The third-order valence-corrected chi connectivity index (χ3v) is 4.04. The van der Waals surface area contributed by atoms with E-state index < -0.39 is 11.8 Å². The first-order valence-electron chi connectivity index (χ1n) is 8.72. The lowest BCUT2D eigenvalue weighted by atomic mass is 10.1. The number of nitrogens with two attached hydrogens (primary N) is 1. The smallest absolute Gasteiger partial charge is 0.266 e. The standard InChI is InChI=1S/C21H20ClN3O4/c1-3-28-18-10-14(9-16(22)20(18)29-12-19(24)26)8-15(11-23)21(27)25-17-7-5-4-6-13(17)2/h4-10H,3,12H2,1-2H3,(H2,24,26)(H,25,27)/b15-8+. The van der Waals surface area contributed by atoms with Crippen molar-refractivity contribution in [1.82, 2.24) is 0 Å². The molecule has 3 N–H and O–H groups in total. The van der Waals surface area contributed by atoms with Gasteiger partial charge in [-0.3, -0.25) is 9.59 Å². The van der Waals surface area contributed by atoms with Crippen LogP contribution in [0, 0.1) is 18.3 Å². The van der Waals surface area contributed by atoms with E-state index in [2.05, 4.69) is 5.32 Å². The van der Waals surface area contributed by atoms with E-state index in [0.29, 0.717) is 17.9 Å². The Morgan fingerprint density at radius 2 is 2.00 bits per heavy atom. The molecule has 29 heavy (non-hydrogen) atoms. The molecule has 2 aromatic rings. The number of nitrogens with zero attached hydrogens (tertiary/aromatic N) is 1. The number of primary amides is 1. The van der Waals surface area contributed by atoms with Gasteiger partial charge in [-0.2, -0.15) is 5.26 Å². The number of rotatable bonds is 8. The van der Waals surface area contributed by atoms with Crippen LogP contribution in [-0.2, 0) is 9.59 Å². The molecular weight excluding hydrogens is 394 g/mol. The van der Waals surface area contributed by atoms with Crippen molar-refractivity contribution in [3.05, 3.63) is 58.1 Å². The van der Waals surface area contributed by atoms with Crippen LogP contribution in [0.3, 0.4) is 0 Å². The molecule has 0 unspecified atom stereocenters. The van der Waals surface area contributed by atoms with Crippen LogP contribution in [0.25, 0.3) is 6.08 Å². The highest BCUT2D eigenvalue weighted by Crippen LogP contribution is 2.37. The van der Waals surface area contributed by atoms with Gasteiger partial charge in [0.2, 0.25) is 0 Å². The van der Waals surface area contributed by atoms with E-state index in [0.717, 1.165) is 5.56 Å². The van der Waals surface area contributed by atoms with Crippen molar-refractivity contribution < 1.29 is 19.1 Å². The number of aryl methyl sites for hydroxylation is 1. The Kier molecular flexibility index (Phi) is 7.63. The Morgan fingerprint density at radius 1 is 1.28 bits per heavy atom. The summed E-state index contributed by atoms with van der Waals surface area (Å²) < 4.78 is 10.8. The molecule has 0 bridgehead atoms. The molecule has 2 rings (SSSR count). The molecule has 0 atom stereocenters. The number of carbonyl (C=O) groups is 2. The SMILES string of the molecule is CCOc1cc(/C=C(\C#N)C(=O)Nc2ccccc2C)cc(Cl)c1OCC(N)=O. The van der Waals surface area contributed by atoms with Gasteiger partial charge in [-0.05, 0) is 49.2 Å². The van der Waals surface area contributed by atoms with Crippen LogP contribution in [0.4, 0.5) is 5.69 Å². The zero-order valence-electron chi connectivity index (χ0n) is 16.0. The minimum Gasteiger partial charge on any atom is -0.490 e. The van der Waals surface area contributed by atoms with Crippen molar-refractivity contribution in [1.29, 1.82) is 5.26 Å². The second-order valence-corrected chi connectivity index (χ2v) is 6.36. The molecule has 0 saturated carbocycles. The van der Waals surface area contributed by atoms with Crippen molar-refractivity contribution in [3.8, 4) is 17.6 Å². The number of amides is 2. The molecule has 0 aliphatic heterocycles. The lowest BCUT2D eigenvalue weighted by molar-refractivity contribution is -0.120. The summed E-state index contributed by atoms with van der Waals surface area (Å²) in [5.41, 5.74) is 6.93. The summed E-state index contributed by atoms with van der Waals surface area (Å²) in [5, 5.41) is 12.3. The van der Waals surface area contributed by atoms with Crippen LogP contribution < -0.4 is 20.5 Å². The van der Waals surface area contributed by atoms with Crippen molar-refractivity contribution >= 4 is 35.2 Å². The van der Waals surface area contributed by atoms with Crippen LogP contribution in [-0.4, -0.2) is 25.0 Å². The lowest BCUT2D eigenvalue weighted by Gasteiger charge is -2.14. The fourth-order valence-corrected chi connectivity index (χ4v) is 2.71. The first kappa shape index (κ1) is 21.8. The average Bonchev–Trinajstić information content (AvgIpc) is 2.67. The Labute approximate surface area is 173 Å². The third-order valence-electron chi connectivity index (χ3n) is 3.76. The quantitative estimate of drug-likeness (QED) is 0.508. The number of hydrogen-bond acceptors (Lipinski definition) is 5. The van der Waals surface area contributed by atoms with E-state index in [9.17, 15) is 14.9 Å². The lowest BCUT2D eigenvalue weighted by Crippen LogP contribution is -2.20. The van der Waals surface area contributed by atoms with E-state index in [1.54, 1.807) is 25.1 Å². The molecular formula is C21H20ClN3O4. The van der Waals surface area contributed by atoms with Crippen molar-refractivity contribution in [3.63, 3.8) is 0 Å². The first-order valence-corrected chi connectivity index (χ1v) is 9.09. The molecule has 0 aliphatic carbocycles. The van der Waals surface area contributed by atoms with Crippen LogP contribution in [0.1, 0.15) is 18.1 Å². The molecule has 2 aromatic carbocycles. The maximum atomic E-state index is 12.5. The van der Waals surface area contributed by atoms with Crippen LogP contribution in [0.15, 0.2) is 42.0 Å². The number of carbonyl (C=O) groups excluding carboxylic acids is 2. The topological polar surface area (TPSA) is 114 Å². The minimum absolute atomic E-state index is 0.113. The minimum atomic E-state index is -0.660. The molecule has 0 saturated heterocycles. The maximum Gasteiger partial charge on any atom is 0.266 e. The summed E-state index contributed by atoms with van der Waals surface area (Å²) >= 11 is 6.24. The molecule has 8 heteroatoms. The number of ether oxygens (including phenoxy) is 2. The molecule has 0 spiro atoms. The van der Waals surface area contributed by atoms with Crippen LogP contribution in [0.2, 0.25) is 5.02 Å². The van der Waals surface area contributed by atoms with E-state index in [-0.39, 0.29) is 28.7 Å². The van der Waals surface area contributed by atoms with Gasteiger partial charge in [0.1, 0.15) is 11.6 Å². The predicted molar refractivity (Wildman–Crippen MR) is 111 cm³/mol. The second kappa shape index (κ2) is 10.2. The van der Waals surface area contributed by atoms with Gasteiger partial charge >= 0.3 is 0 Å². The number of nitrogens with one attached hydrogen (secondary N) is 1. The predicted octanol–water partition coefficient (Wildman–Crippen LogP) is 3.46. The number of hydrogen-bond donors (Lipinski definition) is 2. The second-order valence-electron chi connectivity index (χ2n) is 5.96. The molecule has 0 aromatic heterocycles. The van der Waals surface area contributed by atoms with Gasteiger partial charge in [-0.25, -0.2) is 0 Å². The summed E-state index contributed by atoms with van der Waals surface area (Å²) in [7, 11) is 0. The van der Waals surface area contributed by atoms with E-state index in [1.165, 1.54) is 12.1 Å². The van der Waals surface area contributed by atoms with Gasteiger partial charge in [-0.15, -0.1) is 0 Å². The third kappa shape index (κ3) is 5.99. The number of anilines is 1. The fraction of sp³-hybridized carbons (Fsp3) is 0.190. The van der Waals surface area contributed by atoms with Crippen molar-refractivity contribution in [2.75, 3.05) is 18.5 Å². The Morgan fingerprint density at radius 3 is 2.62 bits per heavy atom. The Bertz CT molecular complexity index is 996. The molecule has 7 nitrogen and oxygen atoms in total. The Balaban J connectivity index is 2.34. The van der Waals surface area contributed by atoms with E-state index >= 15 is 0 Å². The largest absolute Gasteiger partial charge is 0.490 e. The van der Waals surface area contributed by atoms with Crippen LogP contribution >= 0.6 is 11.6 Å². The number of halogens is 1. The first-order chi connectivity index (χ1) is 13.8. The highest BCUT2D eigenvalue weighted by Gasteiger charge is 2.15. The molecule has 150 valence electrons. The van der Waals surface area contributed by atoms with Gasteiger partial charge in [0.25, 0.3) is 11.8 Å². The molecule has 0 radical (unpaired) electrons. The highest BCUT2D eigenvalue weighted by molar-refractivity contribution is 6.32. The van der Waals surface area contributed by atoms with Gasteiger partial charge in [0.15, 0.2) is 18.1 Å². The molecule has 0 fully saturated rings. The van der Waals surface area contributed by atoms with E-state index in [1.807, 2.05) is 25.1 Å². The maximum absolute atomic E-state index is 12.5. The Hall–Kier alpha value is -3.50. The monoisotopic (exact) mass is 413 g/mol. The molecule has 0 heterocycles. The van der Waals surface area contributed by atoms with Crippen LogP contribution in [0.5, 0.6) is 11.5 Å². The number of para-hydroxylation sites is 1. The summed E-state index contributed by atoms with van der Waals surface area (Å²) in [6.45, 7) is 3.57. The highest BCUT2D eigenvalue weighted by atomic mass is 35.5. The fourth-order valence-electron chi connectivity index (χ4n) is 2.44. The average molecular weight is 414 g/mol. The van der Waals surface area contributed by atoms with Gasteiger partial charge in [-0.1, -0.05) is 29.8 Å². The summed E-state index contributed by atoms with van der Waals surface area (Å²) in [4.78, 5) is 23.5. The summed E-state index contributed by atoms with van der Waals surface area (Å²) in [6.07, 6.45) is 1.39. The molecule has 2 amide bonds. The normalized spacial score (nSPS) is 10.8. The zero-order valence-corrected chi connectivity index (χ0v) is 16.7. The summed E-state index contributed by atoms with van der Waals surface area (Å²) in [5.74, 6) is -0.784. The van der Waals surface area contributed by atoms with Gasteiger partial charge < -0.3 is 20.5 Å². The summed E-state index contributed by atoms with van der Waals surface area (Å²) in [6, 6.07) is 12.2.